The first-order valence-corrected chi connectivity index (χ1v) is 7.45. The van der Waals surface area contributed by atoms with Gasteiger partial charge in [-0.15, -0.1) is 0 Å². The highest BCUT2D eigenvalue weighted by Crippen LogP contribution is 2.19. The third kappa shape index (κ3) is 5.19. The summed E-state index contributed by atoms with van der Waals surface area (Å²) in [5.41, 5.74) is 0.839. The molecule has 1 aromatic carbocycles. The van der Waals surface area contributed by atoms with Crippen LogP contribution in [0.25, 0.3) is 0 Å². The highest BCUT2D eigenvalue weighted by Gasteiger charge is 2.24. The number of carbonyl (C=O) groups excluding carboxylic acids is 1. The number of likely N-dealkylation sites (tertiary alicyclic amines) is 1. The highest BCUT2D eigenvalue weighted by atomic mass is 16.4. The van der Waals surface area contributed by atoms with E-state index in [1.165, 1.54) is 0 Å². The molecule has 1 saturated heterocycles. The largest absolute Gasteiger partial charge is 0.481 e. The number of anilines is 1. The van der Waals surface area contributed by atoms with Crippen LogP contribution in [0.4, 0.5) is 5.69 Å². The predicted octanol–water partition coefficient (Wildman–Crippen LogP) is 2.20. The van der Waals surface area contributed by atoms with Crippen molar-refractivity contribution < 1.29 is 14.7 Å². The molecule has 0 saturated carbocycles. The van der Waals surface area contributed by atoms with Gasteiger partial charge >= 0.3 is 5.97 Å². The molecule has 0 unspecified atom stereocenters. The Morgan fingerprint density at radius 2 is 1.86 bits per heavy atom. The van der Waals surface area contributed by atoms with Crippen molar-refractivity contribution in [1.29, 1.82) is 0 Å². The Balaban J connectivity index is 1.71. The van der Waals surface area contributed by atoms with Gasteiger partial charge in [-0.1, -0.05) is 18.2 Å². The average molecular weight is 290 g/mol. The molecule has 5 heteroatoms. The minimum absolute atomic E-state index is 0.0564. The molecule has 1 aliphatic heterocycles. The highest BCUT2D eigenvalue weighted by molar-refractivity contribution is 5.92. The maximum Gasteiger partial charge on any atom is 0.303 e. The second-order valence-corrected chi connectivity index (χ2v) is 5.47. The molecule has 1 aliphatic rings. The van der Waals surface area contributed by atoms with Gasteiger partial charge in [0.15, 0.2) is 0 Å². The maximum atomic E-state index is 12.2. The second-order valence-electron chi connectivity index (χ2n) is 5.47. The van der Waals surface area contributed by atoms with Crippen LogP contribution in [0.5, 0.6) is 0 Å². The number of para-hydroxylation sites is 1. The molecule has 114 valence electrons. The Morgan fingerprint density at radius 1 is 1.19 bits per heavy atom. The van der Waals surface area contributed by atoms with Gasteiger partial charge in [0.1, 0.15) is 0 Å². The van der Waals surface area contributed by atoms with Crippen molar-refractivity contribution in [3.05, 3.63) is 30.3 Å². The number of hydrogen-bond donors (Lipinski definition) is 2. The topological polar surface area (TPSA) is 69.6 Å². The summed E-state index contributed by atoms with van der Waals surface area (Å²) in [5.74, 6) is -0.598. The van der Waals surface area contributed by atoms with Crippen molar-refractivity contribution in [1.82, 2.24) is 4.90 Å². The first kappa shape index (κ1) is 15.5. The maximum absolute atomic E-state index is 12.2. The van der Waals surface area contributed by atoms with Gasteiger partial charge in [-0.05, 0) is 51.0 Å². The van der Waals surface area contributed by atoms with Gasteiger partial charge < -0.3 is 15.3 Å². The van der Waals surface area contributed by atoms with E-state index in [2.05, 4.69) is 10.2 Å². The first-order valence-electron chi connectivity index (χ1n) is 7.45. The number of benzene rings is 1. The van der Waals surface area contributed by atoms with Crippen LogP contribution in [0.3, 0.4) is 0 Å². The number of carboxylic acids is 1. The minimum Gasteiger partial charge on any atom is -0.481 e. The molecule has 21 heavy (non-hydrogen) atoms. The normalized spacial score (nSPS) is 16.6. The van der Waals surface area contributed by atoms with E-state index in [1.54, 1.807) is 0 Å². The first-order chi connectivity index (χ1) is 10.1. The molecule has 0 atom stereocenters. The number of amides is 1. The summed E-state index contributed by atoms with van der Waals surface area (Å²) in [7, 11) is 0. The van der Waals surface area contributed by atoms with Crippen LogP contribution in [-0.2, 0) is 9.59 Å². The van der Waals surface area contributed by atoms with Crippen molar-refractivity contribution >= 4 is 17.6 Å². The quantitative estimate of drug-likeness (QED) is 0.842. The van der Waals surface area contributed by atoms with E-state index in [4.69, 9.17) is 5.11 Å². The number of nitrogens with one attached hydrogen (secondary N) is 1. The van der Waals surface area contributed by atoms with E-state index in [-0.39, 0.29) is 18.2 Å². The van der Waals surface area contributed by atoms with Crippen molar-refractivity contribution in [2.45, 2.75) is 25.7 Å². The van der Waals surface area contributed by atoms with Crippen LogP contribution in [0.1, 0.15) is 25.7 Å². The van der Waals surface area contributed by atoms with Crippen LogP contribution >= 0.6 is 0 Å². The van der Waals surface area contributed by atoms with Gasteiger partial charge in [-0.25, -0.2) is 0 Å². The summed E-state index contributed by atoms with van der Waals surface area (Å²) < 4.78 is 0. The van der Waals surface area contributed by atoms with Gasteiger partial charge in [0.2, 0.25) is 5.91 Å². The second kappa shape index (κ2) is 7.78. The minimum atomic E-state index is -0.743. The van der Waals surface area contributed by atoms with Crippen LogP contribution in [0.2, 0.25) is 0 Å². The molecule has 0 spiro atoms. The molecule has 1 aromatic rings. The number of piperidine rings is 1. The summed E-state index contributed by atoms with van der Waals surface area (Å²) in [6, 6.07) is 9.50. The summed E-state index contributed by atoms with van der Waals surface area (Å²) in [6.07, 6.45) is 2.57. The molecule has 0 aromatic heterocycles. The lowest BCUT2D eigenvalue weighted by Gasteiger charge is -2.31. The SMILES string of the molecule is O=C(O)CCCN1CCC(C(=O)Nc2ccccc2)CC1. The van der Waals surface area contributed by atoms with Crippen molar-refractivity contribution in [2.75, 3.05) is 25.0 Å². The molecular formula is C16H22N2O3. The number of carboxylic acid groups (broad SMARTS) is 1. The van der Waals surface area contributed by atoms with Crippen LogP contribution in [0, 0.1) is 5.92 Å². The number of rotatable bonds is 6. The van der Waals surface area contributed by atoms with E-state index in [9.17, 15) is 9.59 Å². The molecule has 0 aliphatic carbocycles. The Bertz CT molecular complexity index is 468. The fourth-order valence-corrected chi connectivity index (χ4v) is 2.64. The van der Waals surface area contributed by atoms with E-state index >= 15 is 0 Å². The zero-order valence-electron chi connectivity index (χ0n) is 12.1. The fraction of sp³-hybridized carbons (Fsp3) is 0.500. The van der Waals surface area contributed by atoms with Gasteiger partial charge in [-0.2, -0.15) is 0 Å². The molecule has 1 heterocycles. The third-order valence-corrected chi connectivity index (χ3v) is 3.86. The van der Waals surface area contributed by atoms with Gasteiger partial charge in [0, 0.05) is 18.0 Å². The lowest BCUT2D eigenvalue weighted by Crippen LogP contribution is -2.38. The molecule has 1 amide bonds. The Hall–Kier alpha value is -1.88. The Morgan fingerprint density at radius 3 is 2.48 bits per heavy atom. The van der Waals surface area contributed by atoms with Crippen LogP contribution in [0.15, 0.2) is 30.3 Å². The molecule has 0 bridgehead atoms. The molecular weight excluding hydrogens is 268 g/mol. The van der Waals surface area contributed by atoms with Gasteiger partial charge in [0.05, 0.1) is 0 Å². The van der Waals surface area contributed by atoms with E-state index in [0.717, 1.165) is 38.2 Å². The van der Waals surface area contributed by atoms with Crippen LogP contribution in [-0.4, -0.2) is 41.5 Å². The number of nitrogens with zero attached hydrogens (tertiary/aromatic N) is 1. The fourth-order valence-electron chi connectivity index (χ4n) is 2.64. The third-order valence-electron chi connectivity index (χ3n) is 3.86. The lowest BCUT2D eigenvalue weighted by atomic mass is 9.95. The van der Waals surface area contributed by atoms with Crippen molar-refractivity contribution in [3.63, 3.8) is 0 Å². The molecule has 2 rings (SSSR count). The Kier molecular flexibility index (Phi) is 5.75. The Labute approximate surface area is 125 Å². The summed E-state index contributed by atoms with van der Waals surface area (Å²) in [5, 5.41) is 11.6. The standard InChI is InChI=1S/C16H22N2O3/c19-15(20)7-4-10-18-11-8-13(9-12-18)16(21)17-14-5-2-1-3-6-14/h1-3,5-6,13H,4,7-12H2,(H,17,21)(H,19,20). The average Bonchev–Trinajstić information content (AvgIpc) is 2.48. The molecule has 0 radical (unpaired) electrons. The summed E-state index contributed by atoms with van der Waals surface area (Å²) >= 11 is 0. The smallest absolute Gasteiger partial charge is 0.303 e. The molecule has 2 N–H and O–H groups in total. The monoisotopic (exact) mass is 290 g/mol. The van der Waals surface area contributed by atoms with Crippen LogP contribution < -0.4 is 5.32 Å². The predicted molar refractivity (Wildman–Crippen MR) is 81.1 cm³/mol. The molecule has 5 nitrogen and oxygen atoms in total. The molecule has 1 fully saturated rings. The van der Waals surface area contributed by atoms with E-state index in [0.29, 0.717) is 6.42 Å². The lowest BCUT2D eigenvalue weighted by molar-refractivity contribution is -0.137. The number of carbonyl (C=O) groups is 2. The van der Waals surface area contributed by atoms with E-state index in [1.807, 2.05) is 30.3 Å². The zero-order chi connectivity index (χ0) is 15.1. The van der Waals surface area contributed by atoms with E-state index < -0.39 is 5.97 Å². The number of hydrogen-bond acceptors (Lipinski definition) is 3. The van der Waals surface area contributed by atoms with Gasteiger partial charge in [0.25, 0.3) is 0 Å². The summed E-state index contributed by atoms with van der Waals surface area (Å²) in [6.45, 7) is 2.54. The van der Waals surface area contributed by atoms with Gasteiger partial charge in [-0.3, -0.25) is 9.59 Å². The summed E-state index contributed by atoms with van der Waals surface area (Å²) in [4.78, 5) is 24.9. The zero-order valence-corrected chi connectivity index (χ0v) is 12.1. The number of aliphatic carboxylic acids is 1. The van der Waals surface area contributed by atoms with Crippen molar-refractivity contribution in [2.24, 2.45) is 5.92 Å². The van der Waals surface area contributed by atoms with Crippen molar-refractivity contribution in [3.8, 4) is 0 Å².